The van der Waals surface area contributed by atoms with Gasteiger partial charge in [0, 0.05) is 0 Å². The van der Waals surface area contributed by atoms with Crippen LogP contribution < -0.4 is 4.74 Å². The van der Waals surface area contributed by atoms with Gasteiger partial charge in [-0.1, -0.05) is 18.6 Å². The van der Waals surface area contributed by atoms with Gasteiger partial charge in [0.15, 0.2) is 17.7 Å². The molecular weight excluding hydrogens is 263 g/mol. The van der Waals surface area contributed by atoms with E-state index in [1.807, 2.05) is 0 Å². The van der Waals surface area contributed by atoms with Crippen LogP contribution in [0.25, 0.3) is 0 Å². The lowest BCUT2D eigenvalue weighted by atomic mass is 9.98. The van der Waals surface area contributed by atoms with Crippen molar-refractivity contribution >= 4 is 5.97 Å². The van der Waals surface area contributed by atoms with Crippen molar-refractivity contribution in [3.8, 4) is 5.75 Å². The van der Waals surface area contributed by atoms with Crippen molar-refractivity contribution in [2.75, 3.05) is 0 Å². The summed E-state index contributed by atoms with van der Waals surface area (Å²) in [7, 11) is 0. The van der Waals surface area contributed by atoms with E-state index < -0.39 is 17.9 Å². The maximum Gasteiger partial charge on any atom is 0.340 e. The first-order valence-corrected chi connectivity index (χ1v) is 6.90. The van der Waals surface area contributed by atoms with Crippen LogP contribution in [0.15, 0.2) is 24.3 Å². The van der Waals surface area contributed by atoms with Crippen molar-refractivity contribution in [3.05, 3.63) is 30.1 Å². The zero-order valence-electron chi connectivity index (χ0n) is 11.2. The standard InChI is InChI=1S/C15H19FO4/c16-11-5-1-2-7-14(11)20-15(19)13(18)9-8-10-4-3-6-12(10)17/h1-2,5,7,10,12-13,17-18H,3-4,6,8-9H2. The highest BCUT2D eigenvalue weighted by molar-refractivity contribution is 5.76. The Labute approximate surface area is 117 Å². The second kappa shape index (κ2) is 6.81. The van der Waals surface area contributed by atoms with Crippen LogP contribution >= 0.6 is 0 Å². The molecule has 0 radical (unpaired) electrons. The zero-order valence-corrected chi connectivity index (χ0v) is 11.2. The molecule has 0 saturated heterocycles. The molecule has 2 N–H and O–H groups in total. The number of carbonyl (C=O) groups is 1. The quantitative estimate of drug-likeness (QED) is 0.640. The predicted octanol–water partition coefficient (Wildman–Crippen LogP) is 2.03. The Morgan fingerprint density at radius 2 is 2.15 bits per heavy atom. The number of benzene rings is 1. The van der Waals surface area contributed by atoms with Crippen molar-refractivity contribution in [1.82, 2.24) is 0 Å². The van der Waals surface area contributed by atoms with Crippen LogP contribution in [-0.4, -0.2) is 28.4 Å². The summed E-state index contributed by atoms with van der Waals surface area (Å²) in [5.41, 5.74) is 0. The molecule has 0 heterocycles. The van der Waals surface area contributed by atoms with Gasteiger partial charge in [-0.05, 0) is 43.7 Å². The van der Waals surface area contributed by atoms with Gasteiger partial charge in [0.1, 0.15) is 0 Å². The SMILES string of the molecule is O=C(Oc1ccccc1F)C(O)CCC1CCCC1O. The Kier molecular flexibility index (Phi) is 5.09. The maximum atomic E-state index is 13.3. The summed E-state index contributed by atoms with van der Waals surface area (Å²) in [6, 6.07) is 5.56. The molecule has 4 nitrogen and oxygen atoms in total. The number of carbonyl (C=O) groups excluding carboxylic acids is 1. The number of ether oxygens (including phenoxy) is 1. The number of esters is 1. The van der Waals surface area contributed by atoms with E-state index in [0.717, 1.165) is 19.3 Å². The molecule has 0 amide bonds. The van der Waals surface area contributed by atoms with E-state index in [-0.39, 0.29) is 24.2 Å². The molecule has 20 heavy (non-hydrogen) atoms. The lowest BCUT2D eigenvalue weighted by Crippen LogP contribution is -2.27. The van der Waals surface area contributed by atoms with Crippen LogP contribution in [0.1, 0.15) is 32.1 Å². The molecule has 1 saturated carbocycles. The highest BCUT2D eigenvalue weighted by atomic mass is 19.1. The van der Waals surface area contributed by atoms with Gasteiger partial charge in [-0.3, -0.25) is 0 Å². The molecule has 1 aromatic carbocycles. The minimum absolute atomic E-state index is 0.130. The smallest absolute Gasteiger partial charge is 0.340 e. The third-order valence-electron chi connectivity index (χ3n) is 3.75. The van der Waals surface area contributed by atoms with Crippen LogP contribution in [-0.2, 0) is 4.79 Å². The van der Waals surface area contributed by atoms with Crippen molar-refractivity contribution in [2.24, 2.45) is 5.92 Å². The van der Waals surface area contributed by atoms with E-state index in [1.54, 1.807) is 6.07 Å². The fraction of sp³-hybridized carbons (Fsp3) is 0.533. The van der Waals surface area contributed by atoms with Crippen molar-refractivity contribution in [1.29, 1.82) is 0 Å². The highest BCUT2D eigenvalue weighted by Crippen LogP contribution is 2.29. The first kappa shape index (κ1) is 14.9. The second-order valence-electron chi connectivity index (χ2n) is 5.20. The molecule has 1 aliphatic rings. The minimum Gasteiger partial charge on any atom is -0.421 e. The summed E-state index contributed by atoms with van der Waals surface area (Å²) in [6.07, 6.45) is 1.81. The molecule has 0 aliphatic heterocycles. The molecule has 0 aromatic heterocycles. The molecule has 110 valence electrons. The Balaban J connectivity index is 1.81. The average Bonchev–Trinajstić information content (AvgIpc) is 2.84. The Hall–Kier alpha value is -1.46. The number of para-hydroxylation sites is 1. The van der Waals surface area contributed by atoms with Gasteiger partial charge < -0.3 is 14.9 Å². The molecule has 3 atom stereocenters. The summed E-state index contributed by atoms with van der Waals surface area (Å²) in [5, 5.41) is 19.4. The summed E-state index contributed by atoms with van der Waals surface area (Å²) in [6.45, 7) is 0. The first-order valence-electron chi connectivity index (χ1n) is 6.90. The van der Waals surface area contributed by atoms with Gasteiger partial charge >= 0.3 is 5.97 Å². The number of hydrogen-bond donors (Lipinski definition) is 2. The van der Waals surface area contributed by atoms with E-state index in [9.17, 15) is 19.4 Å². The second-order valence-corrected chi connectivity index (χ2v) is 5.20. The summed E-state index contributed by atoms with van der Waals surface area (Å²) >= 11 is 0. The first-order chi connectivity index (χ1) is 9.58. The molecule has 1 aliphatic carbocycles. The van der Waals surface area contributed by atoms with Crippen LogP contribution in [0.2, 0.25) is 0 Å². The molecule has 2 rings (SSSR count). The van der Waals surface area contributed by atoms with Gasteiger partial charge in [-0.15, -0.1) is 0 Å². The Morgan fingerprint density at radius 3 is 2.80 bits per heavy atom. The third-order valence-corrected chi connectivity index (χ3v) is 3.75. The summed E-state index contributed by atoms with van der Waals surface area (Å²) in [4.78, 5) is 11.6. The molecular formula is C15H19FO4. The third kappa shape index (κ3) is 3.77. The van der Waals surface area contributed by atoms with Crippen LogP contribution in [0, 0.1) is 11.7 Å². The van der Waals surface area contributed by atoms with Gasteiger partial charge in [0.05, 0.1) is 6.10 Å². The molecule has 1 aromatic rings. The van der Waals surface area contributed by atoms with Crippen LogP contribution in [0.4, 0.5) is 4.39 Å². The number of rotatable bonds is 5. The fourth-order valence-electron chi connectivity index (χ4n) is 2.55. The van der Waals surface area contributed by atoms with Gasteiger partial charge in [0.25, 0.3) is 0 Å². The van der Waals surface area contributed by atoms with E-state index >= 15 is 0 Å². The van der Waals surface area contributed by atoms with Gasteiger partial charge in [-0.25, -0.2) is 9.18 Å². The number of aliphatic hydroxyl groups is 2. The lowest BCUT2D eigenvalue weighted by Gasteiger charge is -2.16. The average molecular weight is 282 g/mol. The van der Waals surface area contributed by atoms with E-state index in [1.165, 1.54) is 18.2 Å². The topological polar surface area (TPSA) is 66.8 Å². The van der Waals surface area contributed by atoms with Crippen molar-refractivity contribution in [3.63, 3.8) is 0 Å². The summed E-state index contributed by atoms with van der Waals surface area (Å²) < 4.78 is 18.1. The summed E-state index contributed by atoms with van der Waals surface area (Å²) in [5.74, 6) is -1.55. The van der Waals surface area contributed by atoms with Crippen LogP contribution in [0.3, 0.4) is 0 Å². The fourth-order valence-corrected chi connectivity index (χ4v) is 2.55. The molecule has 0 spiro atoms. The molecule has 0 bridgehead atoms. The van der Waals surface area contributed by atoms with Crippen molar-refractivity contribution < 1.29 is 24.1 Å². The number of hydrogen-bond acceptors (Lipinski definition) is 4. The van der Waals surface area contributed by atoms with E-state index in [0.29, 0.717) is 6.42 Å². The molecule has 3 unspecified atom stereocenters. The maximum absolute atomic E-state index is 13.3. The number of aliphatic hydroxyl groups excluding tert-OH is 2. The van der Waals surface area contributed by atoms with E-state index in [2.05, 4.69) is 0 Å². The largest absolute Gasteiger partial charge is 0.421 e. The number of halogens is 1. The van der Waals surface area contributed by atoms with Crippen LogP contribution in [0.5, 0.6) is 5.75 Å². The Bertz CT molecular complexity index is 463. The lowest BCUT2D eigenvalue weighted by molar-refractivity contribution is -0.144. The van der Waals surface area contributed by atoms with Gasteiger partial charge in [0.2, 0.25) is 0 Å². The van der Waals surface area contributed by atoms with Gasteiger partial charge in [-0.2, -0.15) is 0 Å². The molecule has 5 heteroatoms. The normalized spacial score (nSPS) is 23.6. The minimum atomic E-state index is -1.29. The Morgan fingerprint density at radius 1 is 1.40 bits per heavy atom. The monoisotopic (exact) mass is 282 g/mol. The van der Waals surface area contributed by atoms with Crippen molar-refractivity contribution in [2.45, 2.75) is 44.3 Å². The zero-order chi connectivity index (χ0) is 14.5. The molecule has 1 fully saturated rings. The van der Waals surface area contributed by atoms with E-state index in [4.69, 9.17) is 4.74 Å². The highest BCUT2D eigenvalue weighted by Gasteiger charge is 2.27. The predicted molar refractivity (Wildman–Crippen MR) is 70.6 cm³/mol.